The molecular formula is C22H24N4O3. The number of aryl methyl sites for hydroxylation is 1. The number of carbonyl (C=O) groups is 2. The van der Waals surface area contributed by atoms with Crippen LogP contribution in [-0.4, -0.2) is 53.1 Å². The van der Waals surface area contributed by atoms with Gasteiger partial charge in [0.05, 0.1) is 24.7 Å². The van der Waals surface area contributed by atoms with Crippen molar-refractivity contribution in [2.45, 2.75) is 18.4 Å². The van der Waals surface area contributed by atoms with Crippen LogP contribution in [0.1, 0.15) is 39.3 Å². The first-order chi connectivity index (χ1) is 14.0. The van der Waals surface area contributed by atoms with Crippen LogP contribution in [0, 0.1) is 17.2 Å². The van der Waals surface area contributed by atoms with Crippen molar-refractivity contribution in [2.75, 3.05) is 26.2 Å². The molecular weight excluding hydrogens is 368 g/mol. The second-order valence-corrected chi connectivity index (χ2v) is 7.80. The highest BCUT2D eigenvalue weighted by molar-refractivity contribution is 5.95. The van der Waals surface area contributed by atoms with Gasteiger partial charge in [-0.05, 0) is 49.1 Å². The SMILES string of the molecule is Cn1cccc1C(=O)NCCC1CCOC12CN(C(=O)c1cccc(C#N)c1)C2. The number of rotatable bonds is 5. The Hall–Kier alpha value is -3.11. The van der Waals surface area contributed by atoms with Crippen molar-refractivity contribution < 1.29 is 14.3 Å². The fourth-order valence-electron chi connectivity index (χ4n) is 4.34. The average molecular weight is 392 g/mol. The van der Waals surface area contributed by atoms with Crippen LogP contribution in [0.25, 0.3) is 0 Å². The van der Waals surface area contributed by atoms with E-state index in [2.05, 4.69) is 11.4 Å². The van der Waals surface area contributed by atoms with E-state index in [1.807, 2.05) is 19.3 Å². The molecule has 4 rings (SSSR count). The number of nitrogens with one attached hydrogen (secondary N) is 1. The highest BCUT2D eigenvalue weighted by Gasteiger charge is 2.54. The number of nitriles is 1. The summed E-state index contributed by atoms with van der Waals surface area (Å²) in [4.78, 5) is 26.7. The van der Waals surface area contributed by atoms with Gasteiger partial charge in [-0.2, -0.15) is 5.26 Å². The lowest BCUT2D eigenvalue weighted by Crippen LogP contribution is -2.66. The summed E-state index contributed by atoms with van der Waals surface area (Å²) in [5.74, 6) is 0.165. The molecule has 1 aromatic carbocycles. The number of amides is 2. The molecule has 2 saturated heterocycles. The minimum Gasteiger partial charge on any atom is -0.371 e. The van der Waals surface area contributed by atoms with E-state index in [9.17, 15) is 9.59 Å². The van der Waals surface area contributed by atoms with Crippen LogP contribution in [0.5, 0.6) is 0 Å². The number of ether oxygens (including phenoxy) is 1. The molecule has 3 heterocycles. The summed E-state index contributed by atoms with van der Waals surface area (Å²) in [6.07, 6.45) is 3.61. The predicted molar refractivity (Wildman–Crippen MR) is 106 cm³/mol. The van der Waals surface area contributed by atoms with Gasteiger partial charge in [0.1, 0.15) is 11.3 Å². The summed E-state index contributed by atoms with van der Waals surface area (Å²) in [7, 11) is 1.85. The third kappa shape index (κ3) is 3.64. The Labute approximate surface area is 169 Å². The van der Waals surface area contributed by atoms with Crippen molar-refractivity contribution in [1.29, 1.82) is 5.26 Å². The van der Waals surface area contributed by atoms with E-state index in [1.165, 1.54) is 0 Å². The lowest BCUT2D eigenvalue weighted by atomic mass is 9.78. The lowest BCUT2D eigenvalue weighted by Gasteiger charge is -2.50. The van der Waals surface area contributed by atoms with Crippen molar-refractivity contribution in [1.82, 2.24) is 14.8 Å². The molecule has 2 aliphatic rings. The summed E-state index contributed by atoms with van der Waals surface area (Å²) in [6.45, 7) is 2.37. The van der Waals surface area contributed by atoms with Crippen LogP contribution in [0.15, 0.2) is 42.6 Å². The van der Waals surface area contributed by atoms with E-state index in [-0.39, 0.29) is 17.4 Å². The summed E-state index contributed by atoms with van der Waals surface area (Å²) in [5.41, 5.74) is 1.35. The Morgan fingerprint density at radius 1 is 1.31 bits per heavy atom. The van der Waals surface area contributed by atoms with Gasteiger partial charge >= 0.3 is 0 Å². The number of hydrogen-bond donors (Lipinski definition) is 1. The standard InChI is InChI=1S/C22H24N4O3/c1-25-10-3-6-19(25)20(27)24-9-7-18-8-11-29-22(18)14-26(15-22)21(28)17-5-2-4-16(12-17)13-23/h2-6,10,12,18H,7-9,11,14-15H2,1H3,(H,24,27). The first kappa shape index (κ1) is 19.2. The van der Waals surface area contributed by atoms with Gasteiger partial charge in [-0.3, -0.25) is 9.59 Å². The predicted octanol–water partition coefficient (Wildman–Crippen LogP) is 1.95. The van der Waals surface area contributed by atoms with E-state index >= 15 is 0 Å². The maximum absolute atomic E-state index is 12.7. The van der Waals surface area contributed by atoms with Crippen LogP contribution < -0.4 is 5.32 Å². The number of aromatic nitrogens is 1. The topological polar surface area (TPSA) is 87.4 Å². The molecule has 1 spiro atoms. The highest BCUT2D eigenvalue weighted by atomic mass is 16.5. The zero-order valence-corrected chi connectivity index (χ0v) is 16.4. The smallest absolute Gasteiger partial charge is 0.267 e. The third-order valence-electron chi connectivity index (χ3n) is 6.00. The summed E-state index contributed by atoms with van der Waals surface area (Å²) >= 11 is 0. The molecule has 0 radical (unpaired) electrons. The fourth-order valence-corrected chi connectivity index (χ4v) is 4.34. The molecule has 1 N–H and O–H groups in total. The molecule has 0 bridgehead atoms. The Kier molecular flexibility index (Phi) is 5.12. The monoisotopic (exact) mass is 392 g/mol. The summed E-state index contributed by atoms with van der Waals surface area (Å²) in [5, 5.41) is 12.0. The van der Waals surface area contributed by atoms with Crippen LogP contribution in [-0.2, 0) is 11.8 Å². The minimum absolute atomic E-state index is 0.0704. The minimum atomic E-state index is -0.307. The Bertz CT molecular complexity index is 968. The van der Waals surface area contributed by atoms with Gasteiger partial charge < -0.3 is 19.5 Å². The van der Waals surface area contributed by atoms with E-state index < -0.39 is 0 Å². The maximum Gasteiger partial charge on any atom is 0.267 e. The number of likely N-dealkylation sites (tertiary alicyclic amines) is 1. The van der Waals surface area contributed by atoms with Gasteiger partial charge in [-0.1, -0.05) is 6.07 Å². The summed E-state index contributed by atoms with van der Waals surface area (Å²) < 4.78 is 7.83. The zero-order valence-electron chi connectivity index (χ0n) is 16.4. The molecule has 1 unspecified atom stereocenters. The molecule has 1 aromatic heterocycles. The number of benzene rings is 1. The zero-order chi connectivity index (χ0) is 20.4. The first-order valence-electron chi connectivity index (χ1n) is 9.85. The van der Waals surface area contributed by atoms with Crippen LogP contribution >= 0.6 is 0 Å². The molecule has 0 saturated carbocycles. The van der Waals surface area contributed by atoms with E-state index in [0.29, 0.717) is 49.0 Å². The first-order valence-corrected chi connectivity index (χ1v) is 9.85. The normalized spacial score (nSPS) is 19.6. The lowest BCUT2D eigenvalue weighted by molar-refractivity contribution is -0.117. The second-order valence-electron chi connectivity index (χ2n) is 7.80. The molecule has 2 aromatic rings. The Morgan fingerprint density at radius 2 is 2.14 bits per heavy atom. The van der Waals surface area contributed by atoms with Crippen molar-refractivity contribution >= 4 is 11.8 Å². The molecule has 2 aliphatic heterocycles. The molecule has 2 amide bonds. The quantitative estimate of drug-likeness (QED) is 0.843. The number of hydrogen-bond acceptors (Lipinski definition) is 4. The van der Waals surface area contributed by atoms with Crippen LogP contribution in [0.2, 0.25) is 0 Å². The van der Waals surface area contributed by atoms with E-state index in [0.717, 1.165) is 12.8 Å². The molecule has 0 aliphatic carbocycles. The van der Waals surface area contributed by atoms with Gasteiger partial charge in [-0.15, -0.1) is 0 Å². The van der Waals surface area contributed by atoms with Gasteiger partial charge in [0.25, 0.3) is 11.8 Å². The largest absolute Gasteiger partial charge is 0.371 e. The van der Waals surface area contributed by atoms with Crippen molar-refractivity contribution in [3.8, 4) is 6.07 Å². The molecule has 150 valence electrons. The van der Waals surface area contributed by atoms with Crippen molar-refractivity contribution in [3.63, 3.8) is 0 Å². The van der Waals surface area contributed by atoms with Gasteiger partial charge in [0.15, 0.2) is 0 Å². The van der Waals surface area contributed by atoms with E-state index in [1.54, 1.807) is 39.8 Å². The van der Waals surface area contributed by atoms with Crippen molar-refractivity contribution in [2.24, 2.45) is 13.0 Å². The third-order valence-corrected chi connectivity index (χ3v) is 6.00. The molecule has 7 nitrogen and oxygen atoms in total. The second kappa shape index (κ2) is 7.72. The number of nitrogens with zero attached hydrogens (tertiary/aromatic N) is 3. The van der Waals surface area contributed by atoms with E-state index in [4.69, 9.17) is 10.00 Å². The molecule has 2 fully saturated rings. The fraction of sp³-hybridized carbons (Fsp3) is 0.409. The highest BCUT2D eigenvalue weighted by Crippen LogP contribution is 2.42. The molecule has 7 heteroatoms. The average Bonchev–Trinajstić information content (AvgIpc) is 3.32. The van der Waals surface area contributed by atoms with Crippen LogP contribution in [0.3, 0.4) is 0 Å². The van der Waals surface area contributed by atoms with Crippen molar-refractivity contribution in [3.05, 3.63) is 59.4 Å². The number of carbonyl (C=O) groups excluding carboxylic acids is 2. The summed E-state index contributed by atoms with van der Waals surface area (Å²) in [6, 6.07) is 12.5. The Morgan fingerprint density at radius 3 is 2.86 bits per heavy atom. The maximum atomic E-state index is 12.7. The van der Waals surface area contributed by atoms with Gasteiger partial charge in [0, 0.05) is 32.0 Å². The van der Waals surface area contributed by atoms with Gasteiger partial charge in [-0.25, -0.2) is 0 Å². The Balaban J connectivity index is 1.31. The molecule has 29 heavy (non-hydrogen) atoms. The van der Waals surface area contributed by atoms with Crippen LogP contribution in [0.4, 0.5) is 0 Å². The molecule has 1 atom stereocenters. The van der Waals surface area contributed by atoms with Gasteiger partial charge in [0.2, 0.25) is 0 Å².